The summed E-state index contributed by atoms with van der Waals surface area (Å²) in [5.74, 6) is 2.58. The molecule has 0 fully saturated rings. The van der Waals surface area contributed by atoms with Crippen LogP contribution in [0.25, 0.3) is 33.5 Å². The normalized spacial score (nSPS) is 11.1. The van der Waals surface area contributed by atoms with E-state index < -0.39 is 11.0 Å². The molecule has 2 heterocycles. The fraction of sp³-hybridized carbons (Fsp3) is 0.233. The van der Waals surface area contributed by atoms with Crippen LogP contribution in [-0.2, 0) is 13.0 Å². The first-order valence-corrected chi connectivity index (χ1v) is 13.3. The molecule has 0 radical (unpaired) electrons. The molecule has 0 saturated carbocycles. The van der Waals surface area contributed by atoms with Crippen LogP contribution in [0.2, 0.25) is 0 Å². The Bertz CT molecular complexity index is 1870. The number of halogens is 1. The molecule has 0 aliphatic rings. The maximum Gasteiger partial charge on any atom is 0.269 e. The van der Waals surface area contributed by atoms with Gasteiger partial charge in [0.2, 0.25) is 16.9 Å². The summed E-state index contributed by atoms with van der Waals surface area (Å²) in [6.45, 7) is 0.194. The van der Waals surface area contributed by atoms with Gasteiger partial charge in [-0.3, -0.25) is 14.2 Å². The second-order valence-corrected chi connectivity index (χ2v) is 9.91. The predicted molar refractivity (Wildman–Crippen MR) is 158 cm³/mol. The summed E-state index contributed by atoms with van der Waals surface area (Å²) in [5.41, 5.74) is 0.646. The molecule has 0 aliphatic heterocycles. The van der Waals surface area contributed by atoms with Gasteiger partial charge in [-0.15, -0.1) is 0 Å². The van der Waals surface area contributed by atoms with E-state index in [-0.39, 0.29) is 28.9 Å². The van der Waals surface area contributed by atoms with Crippen LogP contribution in [0.15, 0.2) is 67.0 Å². The number of nitrogens with zero attached hydrogens (tertiary/aromatic N) is 2. The molecule has 0 unspecified atom stereocenters. The highest BCUT2D eigenvalue weighted by atomic mass is 79.9. The van der Waals surface area contributed by atoms with Crippen LogP contribution in [0, 0.1) is 0 Å². The van der Waals surface area contributed by atoms with Crippen LogP contribution in [0.3, 0.4) is 0 Å². The molecule has 0 saturated heterocycles. The van der Waals surface area contributed by atoms with Crippen molar-refractivity contribution in [3.05, 3.63) is 79.1 Å². The molecule has 0 spiro atoms. The number of methoxy groups -OCH3 is 5. The molecule has 2 aromatic heterocycles. The number of benzene rings is 3. The zero-order valence-corrected chi connectivity index (χ0v) is 24.7. The summed E-state index contributed by atoms with van der Waals surface area (Å²) in [7, 11) is 7.63. The molecule has 0 amide bonds. The summed E-state index contributed by atoms with van der Waals surface area (Å²) in [5, 5.41) is 0.136. The average molecular weight is 623 g/mol. The van der Waals surface area contributed by atoms with Crippen molar-refractivity contribution >= 4 is 38.0 Å². The predicted octanol–water partition coefficient (Wildman–Crippen LogP) is 5.22. The summed E-state index contributed by atoms with van der Waals surface area (Å²) >= 11 is 3.38. The van der Waals surface area contributed by atoms with Crippen molar-refractivity contribution in [2.75, 3.05) is 35.5 Å². The quantitative estimate of drug-likeness (QED) is 0.204. The molecule has 41 heavy (non-hydrogen) atoms. The molecule has 0 aliphatic carbocycles. The lowest BCUT2D eigenvalue weighted by atomic mass is 10.1. The van der Waals surface area contributed by atoms with Gasteiger partial charge in [-0.25, -0.2) is 0 Å². The molecule has 10 nitrogen and oxygen atoms in total. The molecule has 3 aromatic carbocycles. The number of hydrogen-bond donors (Lipinski definition) is 0. The smallest absolute Gasteiger partial charge is 0.269 e. The summed E-state index contributed by atoms with van der Waals surface area (Å²) < 4.78 is 35.5. The van der Waals surface area contributed by atoms with Gasteiger partial charge in [0.1, 0.15) is 11.4 Å². The second-order valence-electron chi connectivity index (χ2n) is 9.00. The number of fused-ring (bicyclic) bond motifs is 2. The Morgan fingerprint density at radius 3 is 2.12 bits per heavy atom. The Morgan fingerprint density at radius 1 is 0.805 bits per heavy atom. The zero-order chi connectivity index (χ0) is 29.3. The third-order valence-electron chi connectivity index (χ3n) is 6.75. The van der Waals surface area contributed by atoms with E-state index >= 15 is 0 Å². The number of hydrogen-bond acceptors (Lipinski definition) is 9. The largest absolute Gasteiger partial charge is 0.493 e. The van der Waals surface area contributed by atoms with Crippen molar-refractivity contribution in [3.8, 4) is 40.1 Å². The molecule has 5 rings (SSSR count). The van der Waals surface area contributed by atoms with Crippen molar-refractivity contribution in [1.82, 2.24) is 9.55 Å². The van der Waals surface area contributed by atoms with Gasteiger partial charge in [-0.1, -0.05) is 22.0 Å². The molecule has 212 valence electrons. The molecule has 0 bridgehead atoms. The number of aryl methyl sites for hydroxylation is 1. The van der Waals surface area contributed by atoms with E-state index in [1.54, 1.807) is 50.6 Å². The zero-order valence-electron chi connectivity index (χ0n) is 23.1. The Kier molecular flexibility index (Phi) is 7.89. The lowest BCUT2D eigenvalue weighted by Crippen LogP contribution is -2.28. The number of aromatic nitrogens is 2. The van der Waals surface area contributed by atoms with E-state index in [1.807, 2.05) is 12.1 Å². The van der Waals surface area contributed by atoms with Crippen LogP contribution in [0.1, 0.15) is 5.56 Å². The van der Waals surface area contributed by atoms with Crippen LogP contribution >= 0.6 is 15.9 Å². The first-order chi connectivity index (χ1) is 19.8. The molecule has 11 heteroatoms. The molecule has 0 N–H and O–H groups in total. The fourth-order valence-electron chi connectivity index (χ4n) is 4.73. The molecular formula is C30H27BrN2O8. The van der Waals surface area contributed by atoms with Gasteiger partial charge in [0.15, 0.2) is 28.4 Å². The summed E-state index contributed by atoms with van der Waals surface area (Å²) in [6.07, 6.45) is 0.426. The highest BCUT2D eigenvalue weighted by Crippen LogP contribution is 2.41. The van der Waals surface area contributed by atoms with Crippen molar-refractivity contribution in [2.45, 2.75) is 13.0 Å². The standard InChI is InChI=1S/C30H27BrN2O8/c1-36-21-8-6-16(12-22(21)37-2)10-11-33-28(17-13-23(38-3)27(40-5)24(14-17)39-4)32-29-25(30(33)35)26(34)19-15-18(31)7-9-20(19)41-29/h6-9,12-15H,10-11H2,1-5H3. The highest BCUT2D eigenvalue weighted by Gasteiger charge is 2.22. The van der Waals surface area contributed by atoms with Gasteiger partial charge < -0.3 is 28.1 Å². The van der Waals surface area contributed by atoms with Gasteiger partial charge in [0.05, 0.1) is 40.9 Å². The van der Waals surface area contributed by atoms with Crippen molar-refractivity contribution in [2.24, 2.45) is 0 Å². The SMILES string of the molecule is COc1ccc(CCn2c(-c3cc(OC)c(OC)c(OC)c3)nc3oc4ccc(Br)cc4c(=O)c3c2=O)cc1OC. The van der Waals surface area contributed by atoms with Crippen molar-refractivity contribution in [1.29, 1.82) is 0 Å². The lowest BCUT2D eigenvalue weighted by molar-refractivity contribution is 0.324. The fourth-order valence-corrected chi connectivity index (χ4v) is 5.09. The first-order valence-electron chi connectivity index (χ1n) is 12.5. The molecular weight excluding hydrogens is 596 g/mol. The second kappa shape index (κ2) is 11.5. The van der Waals surface area contributed by atoms with Crippen LogP contribution in [0.4, 0.5) is 0 Å². The van der Waals surface area contributed by atoms with E-state index in [4.69, 9.17) is 33.1 Å². The van der Waals surface area contributed by atoms with E-state index in [9.17, 15) is 9.59 Å². The number of rotatable bonds is 9. The summed E-state index contributed by atoms with van der Waals surface area (Å²) in [4.78, 5) is 32.3. The van der Waals surface area contributed by atoms with Crippen LogP contribution in [0.5, 0.6) is 28.7 Å². The van der Waals surface area contributed by atoms with Crippen LogP contribution < -0.4 is 34.7 Å². The lowest BCUT2D eigenvalue weighted by Gasteiger charge is -2.17. The van der Waals surface area contributed by atoms with Gasteiger partial charge in [0, 0.05) is 16.6 Å². The minimum atomic E-state index is -0.533. The number of ether oxygens (including phenoxy) is 5. The van der Waals surface area contributed by atoms with E-state index in [1.165, 1.54) is 25.9 Å². The Balaban J connectivity index is 1.76. The van der Waals surface area contributed by atoms with Gasteiger partial charge in [-0.05, 0) is 54.4 Å². The Morgan fingerprint density at radius 2 is 1.49 bits per heavy atom. The minimum absolute atomic E-state index is 0.0686. The minimum Gasteiger partial charge on any atom is -0.493 e. The topological polar surface area (TPSA) is 111 Å². The van der Waals surface area contributed by atoms with Gasteiger partial charge in [-0.2, -0.15) is 4.98 Å². The molecule has 0 atom stereocenters. The average Bonchev–Trinajstić information content (AvgIpc) is 2.99. The Hall–Kier alpha value is -4.51. The molecule has 5 aromatic rings. The maximum absolute atomic E-state index is 14.1. The Labute approximate surface area is 243 Å². The first kappa shape index (κ1) is 28.0. The van der Waals surface area contributed by atoms with Gasteiger partial charge in [0.25, 0.3) is 5.56 Å². The monoisotopic (exact) mass is 622 g/mol. The highest BCUT2D eigenvalue weighted by molar-refractivity contribution is 9.10. The maximum atomic E-state index is 14.1. The van der Waals surface area contributed by atoms with Crippen LogP contribution in [-0.4, -0.2) is 45.1 Å². The van der Waals surface area contributed by atoms with E-state index in [0.29, 0.717) is 50.8 Å². The third kappa shape index (κ3) is 5.08. The van der Waals surface area contributed by atoms with E-state index in [2.05, 4.69) is 15.9 Å². The van der Waals surface area contributed by atoms with E-state index in [0.717, 1.165) is 5.56 Å². The van der Waals surface area contributed by atoms with Gasteiger partial charge >= 0.3 is 0 Å². The summed E-state index contributed by atoms with van der Waals surface area (Å²) in [6, 6.07) is 14.0. The van der Waals surface area contributed by atoms with Crippen molar-refractivity contribution < 1.29 is 28.1 Å². The third-order valence-corrected chi connectivity index (χ3v) is 7.24. The van der Waals surface area contributed by atoms with Crippen molar-refractivity contribution in [3.63, 3.8) is 0 Å².